The molecule has 1 radical (unpaired) electrons. The van der Waals surface area contributed by atoms with Crippen LogP contribution >= 0.6 is 11.3 Å². The largest absolute Gasteiger partial charge is 0.350 e. The number of rotatable bonds is 9. The van der Waals surface area contributed by atoms with E-state index in [0.29, 0.717) is 17.8 Å². The molecule has 5 heterocycles. The Morgan fingerprint density at radius 2 is 1.31 bits per heavy atom. The number of benzene rings is 6. The van der Waals surface area contributed by atoms with Crippen molar-refractivity contribution in [3.63, 3.8) is 0 Å². The van der Waals surface area contributed by atoms with Crippen LogP contribution in [0.5, 0.6) is 0 Å². The van der Waals surface area contributed by atoms with Crippen molar-refractivity contribution in [2.75, 3.05) is 0 Å². The summed E-state index contributed by atoms with van der Waals surface area (Å²) >= 11 is 1.83. The topological polar surface area (TPSA) is 48.5 Å². The van der Waals surface area contributed by atoms with Crippen molar-refractivity contribution >= 4 is 77.6 Å². The number of aromatic nitrogens is 5. The molecule has 0 fully saturated rings. The molecule has 0 spiro atoms. The van der Waals surface area contributed by atoms with Gasteiger partial charge in [-0.2, -0.15) is 11.3 Å². The van der Waals surface area contributed by atoms with Crippen molar-refractivity contribution in [2.24, 2.45) is 5.92 Å². The standard InChI is InChI=1S/C42H33N4S.C18H24NSi.Ir/c1-25(2)27-15-11-16-28(26(3)4)40(27)46-37-24-43-23-22-33(37)44-42(46)32-20-21-36(39-31-14-7-10-19-38(31)47-41(32)39)45-34-17-8-5-12-29(34)30-13-6-9-18-35(30)45;1-14(2)11-16-12-17(15-9-7-6-8-10-15)19-13-18(16)20(3,4)5;/h5-19,21-26H,1-4H3;6-9,12-14H,11H2,1-5H3;/q2*-1;. The summed E-state index contributed by atoms with van der Waals surface area (Å²) in [4.78, 5) is 14.6. The molecule has 343 valence electrons. The molecule has 6 aromatic carbocycles. The van der Waals surface area contributed by atoms with Gasteiger partial charge in [0.05, 0.1) is 31.1 Å². The van der Waals surface area contributed by atoms with E-state index in [4.69, 9.17) is 4.98 Å². The fraction of sp³-hybridized carbons (Fsp3) is 0.217. The van der Waals surface area contributed by atoms with Crippen LogP contribution in [0.3, 0.4) is 0 Å². The second-order valence-corrected chi connectivity index (χ2v) is 25.9. The van der Waals surface area contributed by atoms with E-state index in [1.807, 2.05) is 48.0 Å². The first-order valence-electron chi connectivity index (χ1n) is 23.7. The Balaban J connectivity index is 0.000000232. The number of nitrogens with zero attached hydrogens (tertiary/aromatic N) is 5. The number of imidazole rings is 1. The molecule has 5 nitrogen and oxygen atoms in total. The monoisotopic (exact) mass is 1100 g/mol. The number of para-hydroxylation sites is 3. The summed E-state index contributed by atoms with van der Waals surface area (Å²) in [6.07, 6.45) is 7.04. The van der Waals surface area contributed by atoms with Gasteiger partial charge in [0.2, 0.25) is 0 Å². The quantitative estimate of drug-likeness (QED) is 0.107. The van der Waals surface area contributed by atoms with Gasteiger partial charge in [0, 0.05) is 64.7 Å². The maximum Gasteiger partial charge on any atom is 0.0822 e. The van der Waals surface area contributed by atoms with Crippen LogP contribution in [0.4, 0.5) is 0 Å². The summed E-state index contributed by atoms with van der Waals surface area (Å²) in [5.74, 6) is 2.22. The Hall–Kier alpha value is -6.02. The molecule has 0 bridgehead atoms. The van der Waals surface area contributed by atoms with E-state index in [2.05, 4.69) is 208 Å². The molecule has 8 heteroatoms. The Kier molecular flexibility index (Phi) is 13.3. The summed E-state index contributed by atoms with van der Waals surface area (Å²) in [5.41, 5.74) is 13.9. The molecule has 0 aliphatic rings. The molecular weight excluding hydrogens is 1040 g/mol. The van der Waals surface area contributed by atoms with E-state index in [9.17, 15) is 0 Å². The van der Waals surface area contributed by atoms with Crippen LogP contribution in [-0.4, -0.2) is 32.2 Å². The fourth-order valence-electron chi connectivity index (χ4n) is 9.85. The van der Waals surface area contributed by atoms with Crippen LogP contribution in [0, 0.1) is 18.1 Å². The fourth-order valence-corrected chi connectivity index (χ4v) is 12.7. The van der Waals surface area contributed by atoms with Crippen molar-refractivity contribution in [3.05, 3.63) is 181 Å². The van der Waals surface area contributed by atoms with Gasteiger partial charge in [0.1, 0.15) is 0 Å². The van der Waals surface area contributed by atoms with Gasteiger partial charge in [0.25, 0.3) is 0 Å². The van der Waals surface area contributed by atoms with Crippen molar-refractivity contribution in [2.45, 2.75) is 79.4 Å². The normalized spacial score (nSPS) is 11.9. The maximum atomic E-state index is 5.36. The van der Waals surface area contributed by atoms with Crippen molar-refractivity contribution in [3.8, 4) is 34.0 Å². The molecule has 11 aromatic rings. The Bertz CT molecular complexity index is 3510. The zero-order valence-electron chi connectivity index (χ0n) is 40.4. The van der Waals surface area contributed by atoms with Gasteiger partial charge in [-0.25, -0.2) is 0 Å². The molecule has 0 aliphatic heterocycles. The van der Waals surface area contributed by atoms with Gasteiger partial charge >= 0.3 is 0 Å². The van der Waals surface area contributed by atoms with Gasteiger partial charge in [-0.15, -0.1) is 48.0 Å². The summed E-state index contributed by atoms with van der Waals surface area (Å²) in [7, 11) is -1.34. The number of pyridine rings is 2. The smallest absolute Gasteiger partial charge is 0.0822 e. The third-order valence-electron chi connectivity index (χ3n) is 12.9. The SMILES string of the molecule is CC(C)Cc1cc(-c2[c-]cccc2)ncc1[Si](C)(C)C.CC(C)c1cccc(C(C)C)c1-n1c(-c2[c-]cc(-n3c4ccccc4c4ccccc43)c3c2sc2ccccc23)nc2ccncc21.[Ir]. The molecule has 0 atom stereocenters. The van der Waals surface area contributed by atoms with Gasteiger partial charge in [-0.1, -0.05) is 157 Å². The third kappa shape index (κ3) is 8.57. The zero-order chi connectivity index (χ0) is 46.6. The van der Waals surface area contributed by atoms with Crippen molar-refractivity contribution in [1.82, 2.24) is 24.1 Å². The number of thiophene rings is 1. The number of hydrogen-bond donors (Lipinski definition) is 0. The molecule has 68 heavy (non-hydrogen) atoms. The van der Waals surface area contributed by atoms with Crippen LogP contribution in [0.2, 0.25) is 19.6 Å². The Morgan fingerprint density at radius 1 is 0.662 bits per heavy atom. The molecule has 0 saturated carbocycles. The van der Waals surface area contributed by atoms with E-state index in [1.54, 1.807) is 0 Å². The van der Waals surface area contributed by atoms with Crippen LogP contribution < -0.4 is 5.19 Å². The number of fused-ring (bicyclic) bond motifs is 7. The second-order valence-electron chi connectivity index (χ2n) is 19.8. The molecule has 5 aromatic heterocycles. The average molecular weight is 1100 g/mol. The minimum Gasteiger partial charge on any atom is -0.350 e. The van der Waals surface area contributed by atoms with Crippen molar-refractivity contribution < 1.29 is 20.1 Å². The minimum absolute atomic E-state index is 0. The predicted octanol–water partition coefficient (Wildman–Crippen LogP) is 15.9. The summed E-state index contributed by atoms with van der Waals surface area (Å²) < 4.78 is 7.22. The average Bonchev–Trinajstić information content (AvgIpc) is 4.01. The van der Waals surface area contributed by atoms with Gasteiger partial charge in [-0.3, -0.25) is 9.97 Å². The van der Waals surface area contributed by atoms with E-state index in [0.717, 1.165) is 45.8 Å². The Morgan fingerprint density at radius 3 is 1.94 bits per heavy atom. The summed E-state index contributed by atoms with van der Waals surface area (Å²) in [6, 6.07) is 54.6. The predicted molar refractivity (Wildman–Crippen MR) is 289 cm³/mol. The minimum atomic E-state index is -1.34. The van der Waals surface area contributed by atoms with Gasteiger partial charge in [0.15, 0.2) is 0 Å². The zero-order valence-corrected chi connectivity index (χ0v) is 44.6. The third-order valence-corrected chi connectivity index (χ3v) is 16.2. The summed E-state index contributed by atoms with van der Waals surface area (Å²) in [5, 5.41) is 6.46. The first kappa shape index (κ1) is 47.1. The van der Waals surface area contributed by atoms with E-state index < -0.39 is 8.07 Å². The molecule has 0 unspecified atom stereocenters. The first-order chi connectivity index (χ1) is 32.4. The molecule has 0 saturated heterocycles. The van der Waals surface area contributed by atoms with Crippen LogP contribution in [-0.2, 0) is 26.5 Å². The second kappa shape index (κ2) is 19.2. The van der Waals surface area contributed by atoms with Crippen LogP contribution in [0.25, 0.3) is 87.0 Å². The molecule has 0 aliphatic carbocycles. The Labute approximate surface area is 419 Å². The number of hydrogen-bond acceptors (Lipinski definition) is 4. The van der Waals surface area contributed by atoms with Crippen LogP contribution in [0.15, 0.2) is 152 Å². The molecule has 0 amide bonds. The molecular formula is C60H57IrN5SSi-2. The van der Waals surface area contributed by atoms with Crippen LogP contribution in [0.1, 0.15) is 70.1 Å². The van der Waals surface area contributed by atoms with Crippen molar-refractivity contribution in [1.29, 1.82) is 0 Å². The molecule has 11 rings (SSSR count). The molecule has 0 N–H and O–H groups in total. The van der Waals surface area contributed by atoms with Gasteiger partial charge in [-0.05, 0) is 86.2 Å². The summed E-state index contributed by atoms with van der Waals surface area (Å²) in [6.45, 7) is 20.8. The van der Waals surface area contributed by atoms with E-state index in [-0.39, 0.29) is 20.1 Å². The van der Waals surface area contributed by atoms with Gasteiger partial charge < -0.3 is 14.1 Å². The van der Waals surface area contributed by atoms with E-state index in [1.165, 1.54) is 69.5 Å². The first-order valence-corrected chi connectivity index (χ1v) is 28.0. The maximum absolute atomic E-state index is 5.36. The van der Waals surface area contributed by atoms with E-state index >= 15 is 0 Å².